The number of halogens is 1. The molecule has 102 valence electrons. The molecule has 3 heteroatoms. The summed E-state index contributed by atoms with van der Waals surface area (Å²) >= 11 is 6.31. The largest absolute Gasteiger partial charge is 0.341 e. The van der Waals surface area contributed by atoms with Crippen molar-refractivity contribution in [2.24, 2.45) is 0 Å². The summed E-state index contributed by atoms with van der Waals surface area (Å²) in [4.78, 5) is 0. The number of benzene rings is 1. The van der Waals surface area contributed by atoms with Gasteiger partial charge >= 0.3 is 0 Å². The first-order chi connectivity index (χ1) is 9.16. The molecule has 0 unspecified atom stereocenters. The topological polar surface area (TPSA) is 17.0 Å². The molecule has 1 aliphatic rings. The zero-order valence-electron chi connectivity index (χ0n) is 11.6. The molecule has 1 N–H and O–H groups in total. The molecule has 1 fully saturated rings. The van der Waals surface area contributed by atoms with Gasteiger partial charge in [0.2, 0.25) is 0 Å². The quantitative estimate of drug-likeness (QED) is 0.869. The second kappa shape index (κ2) is 5.18. The van der Waals surface area contributed by atoms with Gasteiger partial charge in [-0.3, -0.25) is 0 Å². The highest BCUT2D eigenvalue weighted by atomic mass is 35.5. The van der Waals surface area contributed by atoms with Crippen molar-refractivity contribution in [3.05, 3.63) is 35.0 Å². The third-order valence-corrected chi connectivity index (χ3v) is 4.43. The van der Waals surface area contributed by atoms with Crippen LogP contribution < -0.4 is 5.32 Å². The second-order valence-corrected chi connectivity index (χ2v) is 6.19. The van der Waals surface area contributed by atoms with Crippen LogP contribution in [-0.2, 0) is 6.54 Å². The third kappa shape index (κ3) is 2.39. The molecule has 0 bridgehead atoms. The molecular formula is C16H21ClN2. The Bertz CT molecular complexity index is 582. The molecule has 1 heterocycles. The number of nitrogens with one attached hydrogen (secondary N) is 1. The lowest BCUT2D eigenvalue weighted by molar-refractivity contribution is 0.334. The van der Waals surface area contributed by atoms with E-state index in [0.29, 0.717) is 12.1 Å². The van der Waals surface area contributed by atoms with Gasteiger partial charge in [0.15, 0.2) is 0 Å². The van der Waals surface area contributed by atoms with Crippen LogP contribution >= 0.6 is 11.6 Å². The minimum Gasteiger partial charge on any atom is -0.341 e. The number of aromatic nitrogens is 1. The van der Waals surface area contributed by atoms with Crippen LogP contribution in [-0.4, -0.2) is 10.6 Å². The fourth-order valence-electron chi connectivity index (χ4n) is 2.88. The highest BCUT2D eigenvalue weighted by Gasteiger charge is 2.18. The fourth-order valence-corrected chi connectivity index (χ4v) is 3.10. The highest BCUT2D eigenvalue weighted by molar-refractivity contribution is 6.35. The normalized spacial score (nSPS) is 16.2. The summed E-state index contributed by atoms with van der Waals surface area (Å²) in [7, 11) is 0. The van der Waals surface area contributed by atoms with Crippen molar-refractivity contribution >= 4 is 22.5 Å². The molecule has 0 saturated heterocycles. The van der Waals surface area contributed by atoms with E-state index in [1.165, 1.54) is 35.9 Å². The summed E-state index contributed by atoms with van der Waals surface area (Å²) in [6, 6.07) is 9.57. The molecule has 1 saturated carbocycles. The van der Waals surface area contributed by atoms with Crippen molar-refractivity contribution in [2.75, 3.05) is 0 Å². The number of fused-ring (bicyclic) bond motifs is 1. The van der Waals surface area contributed by atoms with E-state index in [9.17, 15) is 0 Å². The zero-order chi connectivity index (χ0) is 13.4. The lowest BCUT2D eigenvalue weighted by Crippen LogP contribution is -2.35. The highest BCUT2D eigenvalue weighted by Crippen LogP contribution is 2.30. The molecule has 19 heavy (non-hydrogen) atoms. The molecule has 1 aliphatic carbocycles. The van der Waals surface area contributed by atoms with E-state index in [2.05, 4.69) is 35.9 Å². The Labute approximate surface area is 119 Å². The van der Waals surface area contributed by atoms with Crippen LogP contribution in [0.3, 0.4) is 0 Å². The first-order valence-electron chi connectivity index (χ1n) is 7.18. The zero-order valence-corrected chi connectivity index (χ0v) is 12.4. The van der Waals surface area contributed by atoms with Crippen LogP contribution in [0.2, 0.25) is 5.02 Å². The molecular weight excluding hydrogens is 256 g/mol. The van der Waals surface area contributed by atoms with Gasteiger partial charge in [0, 0.05) is 40.2 Å². The maximum Gasteiger partial charge on any atom is 0.0500 e. The second-order valence-electron chi connectivity index (χ2n) is 5.78. The molecule has 0 aliphatic heterocycles. The van der Waals surface area contributed by atoms with Crippen molar-refractivity contribution < 1.29 is 0 Å². The first kappa shape index (κ1) is 13.0. The summed E-state index contributed by atoms with van der Waals surface area (Å²) in [5.74, 6) is 0. The third-order valence-electron chi connectivity index (χ3n) is 4.10. The molecule has 1 aromatic carbocycles. The molecule has 3 rings (SSSR count). The van der Waals surface area contributed by atoms with E-state index in [-0.39, 0.29) is 0 Å². The number of hydrogen-bond donors (Lipinski definition) is 1. The van der Waals surface area contributed by atoms with Gasteiger partial charge in [0.1, 0.15) is 0 Å². The molecule has 1 aromatic heterocycles. The Morgan fingerprint density at radius 1 is 1.37 bits per heavy atom. The summed E-state index contributed by atoms with van der Waals surface area (Å²) in [6.45, 7) is 5.40. The number of rotatable bonds is 4. The predicted molar refractivity (Wildman–Crippen MR) is 81.8 cm³/mol. The predicted octanol–water partition coefficient (Wildman–Crippen LogP) is 4.52. The van der Waals surface area contributed by atoms with Crippen molar-refractivity contribution in [3.63, 3.8) is 0 Å². The standard InChI is InChI=1S/C16H21ClN2/c1-11(2)19-13(10-18-12-5-3-6-12)9-14-15(17)7-4-8-16(14)19/h4,7-9,11-12,18H,3,5-6,10H2,1-2H3. The average Bonchev–Trinajstić information content (AvgIpc) is 2.67. The van der Waals surface area contributed by atoms with Gasteiger partial charge in [0.05, 0.1) is 0 Å². The van der Waals surface area contributed by atoms with E-state index in [1.807, 2.05) is 12.1 Å². The SMILES string of the molecule is CC(C)n1c(CNC2CCC2)cc2c(Cl)cccc21. The van der Waals surface area contributed by atoms with Crippen LogP contribution in [0.4, 0.5) is 0 Å². The maximum atomic E-state index is 6.31. The van der Waals surface area contributed by atoms with E-state index in [4.69, 9.17) is 11.6 Å². The van der Waals surface area contributed by atoms with E-state index >= 15 is 0 Å². The summed E-state index contributed by atoms with van der Waals surface area (Å²) in [5.41, 5.74) is 2.58. The van der Waals surface area contributed by atoms with Crippen molar-refractivity contribution in [1.82, 2.24) is 9.88 Å². The van der Waals surface area contributed by atoms with Gasteiger partial charge < -0.3 is 9.88 Å². The van der Waals surface area contributed by atoms with E-state index in [1.54, 1.807) is 0 Å². The van der Waals surface area contributed by atoms with Gasteiger partial charge in [0.25, 0.3) is 0 Å². The lowest BCUT2D eigenvalue weighted by Gasteiger charge is -2.27. The Morgan fingerprint density at radius 2 is 2.16 bits per heavy atom. The van der Waals surface area contributed by atoms with Crippen molar-refractivity contribution in [1.29, 1.82) is 0 Å². The molecule has 2 aromatic rings. The van der Waals surface area contributed by atoms with Gasteiger partial charge in [-0.2, -0.15) is 0 Å². The average molecular weight is 277 g/mol. The molecule has 0 spiro atoms. The van der Waals surface area contributed by atoms with Gasteiger partial charge in [-0.05, 0) is 44.9 Å². The van der Waals surface area contributed by atoms with Gasteiger partial charge in [-0.15, -0.1) is 0 Å². The molecule has 0 atom stereocenters. The Balaban J connectivity index is 1.96. The Hall–Kier alpha value is -0.990. The lowest BCUT2D eigenvalue weighted by atomic mass is 9.93. The molecule has 0 amide bonds. The van der Waals surface area contributed by atoms with Gasteiger partial charge in [-0.25, -0.2) is 0 Å². The smallest absolute Gasteiger partial charge is 0.0500 e. The summed E-state index contributed by atoms with van der Waals surface area (Å²) in [5, 5.41) is 5.67. The van der Waals surface area contributed by atoms with Crippen molar-refractivity contribution in [2.45, 2.75) is 51.7 Å². The Morgan fingerprint density at radius 3 is 2.79 bits per heavy atom. The van der Waals surface area contributed by atoms with Crippen LogP contribution in [0.15, 0.2) is 24.3 Å². The van der Waals surface area contributed by atoms with Crippen LogP contribution in [0.5, 0.6) is 0 Å². The first-order valence-corrected chi connectivity index (χ1v) is 7.56. The molecule has 2 nitrogen and oxygen atoms in total. The summed E-state index contributed by atoms with van der Waals surface area (Å²) < 4.78 is 2.40. The maximum absolute atomic E-state index is 6.31. The van der Waals surface area contributed by atoms with Crippen LogP contribution in [0.25, 0.3) is 10.9 Å². The fraction of sp³-hybridized carbons (Fsp3) is 0.500. The number of nitrogens with zero attached hydrogens (tertiary/aromatic N) is 1. The summed E-state index contributed by atoms with van der Waals surface area (Å²) in [6.07, 6.45) is 4.02. The minimum atomic E-state index is 0.453. The van der Waals surface area contributed by atoms with E-state index in [0.717, 1.165) is 11.6 Å². The molecule has 0 radical (unpaired) electrons. The van der Waals surface area contributed by atoms with Crippen LogP contribution in [0, 0.1) is 0 Å². The number of hydrogen-bond acceptors (Lipinski definition) is 1. The van der Waals surface area contributed by atoms with E-state index < -0.39 is 0 Å². The monoisotopic (exact) mass is 276 g/mol. The minimum absolute atomic E-state index is 0.453. The Kier molecular flexibility index (Phi) is 3.55. The van der Waals surface area contributed by atoms with Crippen LogP contribution in [0.1, 0.15) is 44.8 Å². The van der Waals surface area contributed by atoms with Crippen molar-refractivity contribution in [3.8, 4) is 0 Å². The van der Waals surface area contributed by atoms with Gasteiger partial charge in [-0.1, -0.05) is 24.1 Å².